The van der Waals surface area contributed by atoms with Crippen molar-refractivity contribution in [1.82, 2.24) is 9.66 Å². The van der Waals surface area contributed by atoms with Crippen molar-refractivity contribution in [1.29, 1.82) is 0 Å². The fourth-order valence-corrected chi connectivity index (χ4v) is 2.90. The van der Waals surface area contributed by atoms with E-state index in [1.165, 1.54) is 0 Å². The molecular formula is C20H19N3OS. The molecule has 3 aromatic rings. The molecule has 0 unspecified atom stereocenters. The Balaban J connectivity index is 1.88. The first-order valence-electron chi connectivity index (χ1n) is 7.87. The first-order valence-corrected chi connectivity index (χ1v) is 8.85. The summed E-state index contributed by atoms with van der Waals surface area (Å²) in [7, 11) is 1.66. The number of aromatic nitrogens is 2. The van der Waals surface area contributed by atoms with Gasteiger partial charge in [-0.15, -0.1) is 6.58 Å². The molecule has 0 aliphatic rings. The van der Waals surface area contributed by atoms with Gasteiger partial charge in [0.05, 0.1) is 25.2 Å². The van der Waals surface area contributed by atoms with Gasteiger partial charge < -0.3 is 4.74 Å². The number of ether oxygens (including phenoxy) is 1. The van der Waals surface area contributed by atoms with Crippen molar-refractivity contribution in [2.24, 2.45) is 5.10 Å². The van der Waals surface area contributed by atoms with Crippen molar-refractivity contribution < 1.29 is 4.74 Å². The Labute approximate surface area is 151 Å². The van der Waals surface area contributed by atoms with Gasteiger partial charge in [-0.05, 0) is 29.8 Å². The summed E-state index contributed by atoms with van der Waals surface area (Å²) in [6, 6.07) is 17.9. The minimum absolute atomic E-state index is 0.781. The van der Waals surface area contributed by atoms with Crippen LogP contribution in [0.25, 0.3) is 11.3 Å². The monoisotopic (exact) mass is 349 g/mol. The molecule has 1 heterocycles. The van der Waals surface area contributed by atoms with Crippen molar-refractivity contribution in [2.45, 2.75) is 5.16 Å². The zero-order valence-electron chi connectivity index (χ0n) is 14.0. The highest BCUT2D eigenvalue weighted by Gasteiger charge is 2.09. The Bertz CT molecular complexity index is 854. The Morgan fingerprint density at radius 3 is 2.60 bits per heavy atom. The van der Waals surface area contributed by atoms with Crippen molar-refractivity contribution in [3.05, 3.63) is 79.0 Å². The molecule has 4 nitrogen and oxygen atoms in total. The molecule has 0 aliphatic heterocycles. The van der Waals surface area contributed by atoms with Crippen molar-refractivity contribution >= 4 is 18.0 Å². The molecule has 0 atom stereocenters. The SMILES string of the molecule is C=CCSc1nc(-c2ccccc2)cn1/N=C/c1ccc(OC)cc1. The van der Waals surface area contributed by atoms with Crippen molar-refractivity contribution in [3.8, 4) is 17.0 Å². The number of hydrogen-bond acceptors (Lipinski definition) is 4. The maximum absolute atomic E-state index is 5.18. The standard InChI is InChI=1S/C20H19N3OS/c1-3-13-25-20-22-19(17-7-5-4-6-8-17)15-23(20)21-14-16-9-11-18(24-2)12-10-16/h3-12,14-15H,1,13H2,2H3/b21-14+. The number of imidazole rings is 1. The fourth-order valence-electron chi connectivity index (χ4n) is 2.24. The van der Waals surface area contributed by atoms with Gasteiger partial charge in [-0.3, -0.25) is 0 Å². The van der Waals surface area contributed by atoms with E-state index in [4.69, 9.17) is 9.72 Å². The Morgan fingerprint density at radius 2 is 1.92 bits per heavy atom. The second-order valence-corrected chi connectivity index (χ2v) is 6.22. The highest BCUT2D eigenvalue weighted by Crippen LogP contribution is 2.24. The van der Waals surface area contributed by atoms with Crippen LogP contribution in [0, 0.1) is 0 Å². The first-order chi connectivity index (χ1) is 12.3. The smallest absolute Gasteiger partial charge is 0.189 e. The molecule has 0 radical (unpaired) electrons. The lowest BCUT2D eigenvalue weighted by Crippen LogP contribution is -1.92. The summed E-state index contributed by atoms with van der Waals surface area (Å²) in [5.74, 6) is 1.61. The lowest BCUT2D eigenvalue weighted by atomic mass is 10.2. The molecule has 126 valence electrons. The molecule has 1 aromatic heterocycles. The first kappa shape index (κ1) is 17.0. The summed E-state index contributed by atoms with van der Waals surface area (Å²) < 4.78 is 6.98. The predicted octanol–water partition coefficient (Wildman–Crippen LogP) is 4.72. The predicted molar refractivity (Wildman–Crippen MR) is 105 cm³/mol. The molecule has 0 amide bonds. The summed E-state index contributed by atoms with van der Waals surface area (Å²) >= 11 is 1.60. The van der Waals surface area contributed by atoms with Gasteiger partial charge in [-0.1, -0.05) is 48.2 Å². The maximum Gasteiger partial charge on any atom is 0.189 e. The van der Waals surface area contributed by atoms with Crippen LogP contribution in [0.2, 0.25) is 0 Å². The van der Waals surface area contributed by atoms with Gasteiger partial charge in [0, 0.05) is 11.3 Å². The zero-order valence-corrected chi connectivity index (χ0v) is 14.8. The molecule has 0 saturated carbocycles. The van der Waals surface area contributed by atoms with Gasteiger partial charge in [-0.25, -0.2) is 9.66 Å². The fraction of sp³-hybridized carbons (Fsp3) is 0.100. The number of methoxy groups -OCH3 is 1. The van der Waals surface area contributed by atoms with E-state index in [0.717, 1.165) is 33.5 Å². The average Bonchev–Trinajstić information content (AvgIpc) is 3.09. The summed E-state index contributed by atoms with van der Waals surface area (Å²) in [6.45, 7) is 3.77. The molecule has 0 bridgehead atoms. The van der Waals surface area contributed by atoms with Crippen LogP contribution in [0.4, 0.5) is 0 Å². The number of hydrogen-bond donors (Lipinski definition) is 0. The molecule has 0 spiro atoms. The molecule has 3 rings (SSSR count). The summed E-state index contributed by atoms with van der Waals surface area (Å²) in [5, 5.41) is 5.40. The lowest BCUT2D eigenvalue weighted by molar-refractivity contribution is 0.415. The van der Waals surface area contributed by atoms with Gasteiger partial charge in [0.25, 0.3) is 0 Å². The van der Waals surface area contributed by atoms with E-state index in [9.17, 15) is 0 Å². The minimum Gasteiger partial charge on any atom is -0.497 e. The Morgan fingerprint density at radius 1 is 1.16 bits per heavy atom. The molecule has 5 heteroatoms. The van der Waals surface area contributed by atoms with Crippen LogP contribution in [0.3, 0.4) is 0 Å². The molecule has 2 aromatic carbocycles. The number of rotatable bonds is 7. The number of thioether (sulfide) groups is 1. The molecule has 0 fully saturated rings. The third-order valence-electron chi connectivity index (χ3n) is 3.50. The van der Waals surface area contributed by atoms with Crippen LogP contribution in [0.15, 0.2) is 83.7 Å². The van der Waals surface area contributed by atoms with Crippen molar-refractivity contribution in [2.75, 3.05) is 12.9 Å². The average molecular weight is 349 g/mol. The van der Waals surface area contributed by atoms with E-state index < -0.39 is 0 Å². The van der Waals surface area contributed by atoms with Crippen LogP contribution < -0.4 is 4.74 Å². The normalized spacial score (nSPS) is 10.9. The van der Waals surface area contributed by atoms with Crippen LogP contribution in [-0.2, 0) is 0 Å². The largest absolute Gasteiger partial charge is 0.497 e. The van der Waals surface area contributed by atoms with Gasteiger partial charge in [0.2, 0.25) is 0 Å². The molecular weight excluding hydrogens is 330 g/mol. The van der Waals surface area contributed by atoms with E-state index in [1.54, 1.807) is 23.5 Å². The molecule has 0 N–H and O–H groups in total. The van der Waals surface area contributed by atoms with E-state index in [-0.39, 0.29) is 0 Å². The topological polar surface area (TPSA) is 39.4 Å². The third-order valence-corrected chi connectivity index (χ3v) is 4.44. The summed E-state index contributed by atoms with van der Waals surface area (Å²) in [5.41, 5.74) is 2.97. The minimum atomic E-state index is 0.781. The van der Waals surface area contributed by atoms with Gasteiger partial charge in [0.1, 0.15) is 5.75 Å². The highest BCUT2D eigenvalue weighted by molar-refractivity contribution is 7.99. The quantitative estimate of drug-likeness (QED) is 0.352. The van der Waals surface area contributed by atoms with E-state index in [2.05, 4.69) is 11.7 Å². The molecule has 25 heavy (non-hydrogen) atoms. The van der Waals surface area contributed by atoms with Crippen molar-refractivity contribution in [3.63, 3.8) is 0 Å². The number of benzene rings is 2. The van der Waals surface area contributed by atoms with Crippen LogP contribution in [-0.4, -0.2) is 28.7 Å². The maximum atomic E-state index is 5.18. The van der Waals surface area contributed by atoms with Gasteiger partial charge in [-0.2, -0.15) is 5.10 Å². The summed E-state index contributed by atoms with van der Waals surface area (Å²) in [4.78, 5) is 4.70. The van der Waals surface area contributed by atoms with Crippen LogP contribution in [0.5, 0.6) is 5.75 Å². The summed E-state index contributed by atoms with van der Waals surface area (Å²) in [6.07, 6.45) is 5.62. The van der Waals surface area contributed by atoms with Crippen LogP contribution in [0.1, 0.15) is 5.56 Å². The lowest BCUT2D eigenvalue weighted by Gasteiger charge is -2.00. The Kier molecular flexibility index (Phi) is 5.69. The highest BCUT2D eigenvalue weighted by atomic mass is 32.2. The van der Waals surface area contributed by atoms with Crippen LogP contribution >= 0.6 is 11.8 Å². The van der Waals surface area contributed by atoms with Gasteiger partial charge >= 0.3 is 0 Å². The third kappa shape index (κ3) is 4.39. The number of nitrogens with zero attached hydrogens (tertiary/aromatic N) is 3. The molecule has 0 aliphatic carbocycles. The Hall–Kier alpha value is -2.79. The molecule has 0 saturated heterocycles. The zero-order chi connectivity index (χ0) is 17.5. The van der Waals surface area contributed by atoms with Gasteiger partial charge in [0.15, 0.2) is 5.16 Å². The van der Waals surface area contributed by atoms with E-state index in [1.807, 2.05) is 73.1 Å². The van der Waals surface area contributed by atoms with E-state index in [0.29, 0.717) is 0 Å². The second kappa shape index (κ2) is 8.35. The van der Waals surface area contributed by atoms with E-state index >= 15 is 0 Å². The second-order valence-electron chi connectivity index (χ2n) is 5.24.